The van der Waals surface area contributed by atoms with Crippen LogP contribution in [0.2, 0.25) is 0 Å². The van der Waals surface area contributed by atoms with Crippen molar-refractivity contribution in [2.45, 2.75) is 45.3 Å². The molecule has 0 radical (unpaired) electrons. The fourth-order valence-electron chi connectivity index (χ4n) is 3.62. The molecule has 156 valence electrons. The Labute approximate surface area is 164 Å². The minimum absolute atomic E-state index is 0.192. The molecule has 3 rings (SSSR count). The highest BCUT2D eigenvalue weighted by molar-refractivity contribution is 5.79. The van der Waals surface area contributed by atoms with Crippen molar-refractivity contribution in [2.24, 2.45) is 5.92 Å². The molecule has 1 aliphatic carbocycles. The van der Waals surface area contributed by atoms with Crippen LogP contribution in [0.3, 0.4) is 0 Å². The predicted molar refractivity (Wildman–Crippen MR) is 102 cm³/mol. The number of carbonyl (C=O) groups excluding carboxylic acids is 1. The molecule has 1 aliphatic heterocycles. The van der Waals surface area contributed by atoms with Crippen molar-refractivity contribution < 1.29 is 18.0 Å². The molecule has 0 aromatic carbocycles. The van der Waals surface area contributed by atoms with Gasteiger partial charge in [0.05, 0.1) is 12.1 Å². The van der Waals surface area contributed by atoms with Crippen molar-refractivity contribution in [2.75, 3.05) is 44.2 Å². The second-order valence-corrected chi connectivity index (χ2v) is 8.19. The SMILES string of the molecule is CC(C)CN(C(=O)CN1CCCN(c2ccc(C(F)(F)F)cn2)CC1)C1CC1. The Morgan fingerprint density at radius 1 is 1.21 bits per heavy atom. The number of alkyl halides is 3. The fraction of sp³-hybridized carbons (Fsp3) is 0.700. The molecule has 0 spiro atoms. The van der Waals surface area contributed by atoms with Gasteiger partial charge in [0.25, 0.3) is 0 Å². The Morgan fingerprint density at radius 2 is 1.96 bits per heavy atom. The summed E-state index contributed by atoms with van der Waals surface area (Å²) in [4.78, 5) is 23.0. The topological polar surface area (TPSA) is 39.7 Å². The number of carbonyl (C=O) groups is 1. The molecule has 2 heterocycles. The highest BCUT2D eigenvalue weighted by Crippen LogP contribution is 2.30. The number of nitrogens with zero attached hydrogens (tertiary/aromatic N) is 4. The molecular weight excluding hydrogens is 369 g/mol. The maximum Gasteiger partial charge on any atom is 0.417 e. The summed E-state index contributed by atoms with van der Waals surface area (Å²) in [5.41, 5.74) is -0.733. The molecule has 28 heavy (non-hydrogen) atoms. The van der Waals surface area contributed by atoms with Gasteiger partial charge in [-0.3, -0.25) is 9.69 Å². The predicted octanol–water partition coefficient (Wildman–Crippen LogP) is 3.26. The van der Waals surface area contributed by atoms with Crippen molar-refractivity contribution >= 4 is 11.7 Å². The Bertz CT molecular complexity index is 658. The number of halogens is 3. The van der Waals surface area contributed by atoms with Gasteiger partial charge in [0.1, 0.15) is 5.82 Å². The molecule has 8 heteroatoms. The maximum atomic E-state index is 12.8. The summed E-state index contributed by atoms with van der Waals surface area (Å²) in [6.45, 7) is 8.36. The largest absolute Gasteiger partial charge is 0.417 e. The van der Waals surface area contributed by atoms with E-state index in [1.54, 1.807) is 0 Å². The third-order valence-corrected chi connectivity index (χ3v) is 5.22. The van der Waals surface area contributed by atoms with Crippen LogP contribution in [0.1, 0.15) is 38.7 Å². The molecule has 0 N–H and O–H groups in total. The third-order valence-electron chi connectivity index (χ3n) is 5.22. The van der Waals surface area contributed by atoms with Gasteiger partial charge in [-0.1, -0.05) is 13.8 Å². The van der Waals surface area contributed by atoms with E-state index in [1.807, 2.05) is 9.80 Å². The summed E-state index contributed by atoms with van der Waals surface area (Å²) in [6, 6.07) is 2.92. The van der Waals surface area contributed by atoms with Crippen LogP contribution in [0.5, 0.6) is 0 Å². The molecule has 1 amide bonds. The lowest BCUT2D eigenvalue weighted by atomic mass is 10.2. The van der Waals surface area contributed by atoms with Gasteiger partial charge in [-0.15, -0.1) is 0 Å². The molecule has 1 saturated carbocycles. The second kappa shape index (κ2) is 8.68. The van der Waals surface area contributed by atoms with Crippen LogP contribution in [0, 0.1) is 5.92 Å². The lowest BCUT2D eigenvalue weighted by Crippen LogP contribution is -2.44. The van der Waals surface area contributed by atoms with E-state index >= 15 is 0 Å². The minimum Gasteiger partial charge on any atom is -0.355 e. The monoisotopic (exact) mass is 398 g/mol. The first-order valence-corrected chi connectivity index (χ1v) is 10.0. The number of hydrogen-bond acceptors (Lipinski definition) is 4. The standard InChI is InChI=1S/C20H29F3N4O/c1-15(2)13-27(17-5-6-17)19(28)14-25-8-3-9-26(11-10-25)18-7-4-16(12-24-18)20(21,22)23/h4,7,12,15,17H,3,5-6,8-11,13-14H2,1-2H3. The van der Waals surface area contributed by atoms with Crippen LogP contribution < -0.4 is 4.90 Å². The molecule has 2 aliphatic rings. The number of pyridine rings is 1. The van der Waals surface area contributed by atoms with Gasteiger partial charge in [-0.25, -0.2) is 4.98 Å². The Balaban J connectivity index is 1.55. The summed E-state index contributed by atoms with van der Waals surface area (Å²) < 4.78 is 38.1. The fourth-order valence-corrected chi connectivity index (χ4v) is 3.62. The average Bonchev–Trinajstić information content (AvgIpc) is 3.46. The van der Waals surface area contributed by atoms with Crippen LogP contribution >= 0.6 is 0 Å². The van der Waals surface area contributed by atoms with E-state index in [4.69, 9.17) is 0 Å². The van der Waals surface area contributed by atoms with E-state index in [0.29, 0.717) is 37.4 Å². The molecule has 2 fully saturated rings. The highest BCUT2D eigenvalue weighted by Gasteiger charge is 2.34. The van der Waals surface area contributed by atoms with Gasteiger partial charge in [0, 0.05) is 45.0 Å². The molecule has 0 bridgehead atoms. The molecule has 1 saturated heterocycles. The number of aromatic nitrogens is 1. The van der Waals surface area contributed by atoms with Crippen molar-refractivity contribution in [1.29, 1.82) is 0 Å². The van der Waals surface area contributed by atoms with Crippen molar-refractivity contribution in [3.05, 3.63) is 23.9 Å². The van der Waals surface area contributed by atoms with Crippen LogP contribution in [0.25, 0.3) is 0 Å². The molecule has 0 atom stereocenters. The van der Waals surface area contributed by atoms with Crippen LogP contribution in [-0.2, 0) is 11.0 Å². The average molecular weight is 398 g/mol. The summed E-state index contributed by atoms with van der Waals surface area (Å²) >= 11 is 0. The summed E-state index contributed by atoms with van der Waals surface area (Å²) in [7, 11) is 0. The van der Waals surface area contributed by atoms with Gasteiger partial charge < -0.3 is 9.80 Å². The van der Waals surface area contributed by atoms with Crippen LogP contribution in [-0.4, -0.2) is 66.0 Å². The van der Waals surface area contributed by atoms with E-state index in [-0.39, 0.29) is 5.91 Å². The zero-order valence-electron chi connectivity index (χ0n) is 16.6. The lowest BCUT2D eigenvalue weighted by molar-refractivity contribution is -0.138. The zero-order chi connectivity index (χ0) is 20.3. The van der Waals surface area contributed by atoms with E-state index in [2.05, 4.69) is 23.7 Å². The quantitative estimate of drug-likeness (QED) is 0.738. The van der Waals surface area contributed by atoms with Crippen molar-refractivity contribution in [3.63, 3.8) is 0 Å². The van der Waals surface area contributed by atoms with Crippen molar-refractivity contribution in [3.8, 4) is 0 Å². The first-order chi connectivity index (χ1) is 13.2. The summed E-state index contributed by atoms with van der Waals surface area (Å²) in [6.07, 6.45) is -0.424. The van der Waals surface area contributed by atoms with Gasteiger partial charge in [-0.05, 0) is 37.3 Å². The number of anilines is 1. The Morgan fingerprint density at radius 3 is 2.54 bits per heavy atom. The van der Waals surface area contributed by atoms with E-state index < -0.39 is 11.7 Å². The Kier molecular flexibility index (Phi) is 6.47. The lowest BCUT2D eigenvalue weighted by Gasteiger charge is -2.28. The molecule has 1 aromatic heterocycles. The number of amides is 1. The summed E-state index contributed by atoms with van der Waals surface area (Å²) in [5.74, 6) is 1.20. The van der Waals surface area contributed by atoms with Crippen molar-refractivity contribution in [1.82, 2.24) is 14.8 Å². The molecule has 0 unspecified atom stereocenters. The zero-order valence-corrected chi connectivity index (χ0v) is 16.6. The smallest absolute Gasteiger partial charge is 0.355 e. The van der Waals surface area contributed by atoms with Gasteiger partial charge in [-0.2, -0.15) is 13.2 Å². The minimum atomic E-state index is -4.37. The van der Waals surface area contributed by atoms with Crippen LogP contribution in [0.4, 0.5) is 19.0 Å². The van der Waals surface area contributed by atoms with E-state index in [0.717, 1.165) is 51.2 Å². The van der Waals surface area contributed by atoms with Crippen LogP contribution in [0.15, 0.2) is 18.3 Å². The van der Waals surface area contributed by atoms with Gasteiger partial charge in [0.2, 0.25) is 5.91 Å². The second-order valence-electron chi connectivity index (χ2n) is 8.19. The normalized spacial score (nSPS) is 19.0. The molecule has 1 aromatic rings. The van der Waals surface area contributed by atoms with E-state index in [9.17, 15) is 18.0 Å². The first-order valence-electron chi connectivity index (χ1n) is 10.0. The summed E-state index contributed by atoms with van der Waals surface area (Å²) in [5, 5.41) is 0. The maximum absolute atomic E-state index is 12.8. The molecular formula is C20H29F3N4O. The number of rotatable bonds is 6. The third kappa shape index (κ3) is 5.59. The van der Waals surface area contributed by atoms with E-state index in [1.165, 1.54) is 6.07 Å². The molecule has 5 nitrogen and oxygen atoms in total. The first kappa shape index (κ1) is 20.9. The Hall–Kier alpha value is -1.83. The number of hydrogen-bond donors (Lipinski definition) is 0. The highest BCUT2D eigenvalue weighted by atomic mass is 19.4. The van der Waals surface area contributed by atoms with Gasteiger partial charge >= 0.3 is 6.18 Å². The van der Waals surface area contributed by atoms with Gasteiger partial charge in [0.15, 0.2) is 0 Å².